The van der Waals surface area contributed by atoms with E-state index in [-0.39, 0.29) is 46.0 Å². The Morgan fingerprint density at radius 2 is 1.13 bits per heavy atom. The normalized spacial score (nSPS) is 54.1. The number of esters is 1. The summed E-state index contributed by atoms with van der Waals surface area (Å²) in [6, 6.07) is 0. The van der Waals surface area contributed by atoms with Crippen molar-refractivity contribution in [2.24, 2.45) is 50.2 Å². The number of hydrogen-bond acceptors (Lipinski definition) is 26. The second kappa shape index (κ2) is 24.4. The summed E-state index contributed by atoms with van der Waals surface area (Å²) in [5.74, 6) is -0.482. The zero-order chi connectivity index (χ0) is 62.0. The van der Waals surface area contributed by atoms with Gasteiger partial charge in [-0.3, -0.25) is 4.79 Å². The minimum absolute atomic E-state index is 0.156. The van der Waals surface area contributed by atoms with Crippen LogP contribution in [0, 0.1) is 50.2 Å². The first-order chi connectivity index (χ1) is 39.8. The van der Waals surface area contributed by atoms with Crippen molar-refractivity contribution in [3.8, 4) is 0 Å². The topological polar surface area (TPSA) is 413 Å². The first-order valence-corrected chi connectivity index (χ1v) is 30.6. The molecule has 0 radical (unpaired) electrons. The maximum absolute atomic E-state index is 15.2. The Bertz CT molecular complexity index is 2360. The highest BCUT2D eigenvalue weighted by molar-refractivity contribution is 5.79. The minimum Gasteiger partial charge on any atom is -0.432 e. The van der Waals surface area contributed by atoms with E-state index in [9.17, 15) is 76.6 Å². The Morgan fingerprint density at radius 1 is 0.553 bits per heavy atom. The molecule has 32 atom stereocenters. The molecule has 26 heteroatoms. The van der Waals surface area contributed by atoms with Gasteiger partial charge in [0.1, 0.15) is 110 Å². The Balaban J connectivity index is 0.812. The Kier molecular flexibility index (Phi) is 19.0. The van der Waals surface area contributed by atoms with Crippen LogP contribution in [-0.2, 0) is 52.2 Å². The molecule has 10 rings (SSSR count). The summed E-state index contributed by atoms with van der Waals surface area (Å²) in [6.07, 6.45) is -29.3. The van der Waals surface area contributed by atoms with Crippen molar-refractivity contribution in [1.29, 1.82) is 0 Å². The number of ether oxygens (including phenoxy) is 10. The summed E-state index contributed by atoms with van der Waals surface area (Å²) in [4.78, 5) is 15.2. The van der Waals surface area contributed by atoms with Crippen LogP contribution in [0.2, 0.25) is 0 Å². The fraction of sp³-hybridized carbons (Fsp3) is 0.949. The van der Waals surface area contributed by atoms with E-state index in [1.165, 1.54) is 12.5 Å². The van der Waals surface area contributed by atoms with Gasteiger partial charge < -0.3 is 124 Å². The van der Waals surface area contributed by atoms with Gasteiger partial charge >= 0.3 is 5.97 Å². The van der Waals surface area contributed by atoms with E-state index in [4.69, 9.17) is 47.4 Å². The number of fused-ring (bicyclic) bond motifs is 7. The molecular formula is C59H96O26. The van der Waals surface area contributed by atoms with Gasteiger partial charge in [-0.1, -0.05) is 60.1 Å². The van der Waals surface area contributed by atoms with Crippen molar-refractivity contribution in [1.82, 2.24) is 0 Å². The fourth-order valence-corrected chi connectivity index (χ4v) is 17.6. The third-order valence-electron chi connectivity index (χ3n) is 23.1. The molecule has 5 aliphatic heterocycles. The van der Waals surface area contributed by atoms with Crippen molar-refractivity contribution < 1.29 is 129 Å². The molecule has 5 saturated heterocycles. The van der Waals surface area contributed by atoms with Gasteiger partial charge in [-0.2, -0.15) is 0 Å². The lowest BCUT2D eigenvalue weighted by Crippen LogP contribution is -2.66. The van der Waals surface area contributed by atoms with E-state index in [1.807, 2.05) is 0 Å². The molecule has 5 aliphatic carbocycles. The van der Waals surface area contributed by atoms with Gasteiger partial charge in [0.15, 0.2) is 25.2 Å². The standard InChI is InChI=1S/C59H96O26/c1-24-34(63)37(66)41(70)50(78-24)84-47-29(21-61)80-48(44(73)40(47)69)77-23-30-36(65)39(68)43(72)52(81-30)85-53(75)59-17-15-54(2,3)19-26(59)25-9-10-32-56(6)13-12-33(55(4,5)31(56)11-14-58(32,8)57(25,7)16-18-59)82-49-45(74)46(27(62)22-76-49)83-51-42(71)38(67)35(64)28(20-60)79-51/h9,24,26-52,60-74H,10-23H2,1-8H3/t24-,26?,27-,28+,29+,30+,31?,32?,33-,34-,35+,36+,37+,38-,39-,40+,41+,42+,43+,44+,45+,46-,47+,48+,49-,50-,51-,52-,56-,57?,58+,59-/m0/s1. The van der Waals surface area contributed by atoms with E-state index in [1.54, 1.807) is 0 Å². The minimum atomic E-state index is -1.89. The summed E-state index contributed by atoms with van der Waals surface area (Å²) in [5.41, 5.74) is -1.17. The van der Waals surface area contributed by atoms with Gasteiger partial charge in [-0.15, -0.1) is 0 Å². The van der Waals surface area contributed by atoms with Crippen molar-refractivity contribution in [3.05, 3.63) is 11.6 Å². The van der Waals surface area contributed by atoms with E-state index in [0.29, 0.717) is 38.5 Å². The number of hydrogen-bond donors (Lipinski definition) is 15. The number of aliphatic hydroxyl groups excluding tert-OH is 15. The number of allylic oxidation sites excluding steroid dienone is 2. The van der Waals surface area contributed by atoms with Crippen molar-refractivity contribution in [2.45, 2.75) is 273 Å². The number of carbonyl (C=O) groups is 1. The molecule has 10 aliphatic rings. The van der Waals surface area contributed by atoms with Gasteiger partial charge in [-0.05, 0) is 116 Å². The summed E-state index contributed by atoms with van der Waals surface area (Å²) in [5, 5.41) is 161. The molecular weight excluding hydrogens is 1120 g/mol. The molecule has 0 spiro atoms. The molecule has 0 aromatic heterocycles. The Hall–Kier alpha value is -1.75. The SMILES string of the molecule is C[C@@H]1O[C@@H](O[C@H]2[C@H](O)[C@@H](O)[C@H](OC[C@H]3O[C@@H](OC(=O)[C@]45CCC(C)(C)CC4C4=CCC6[C@@]7(C)CC[C@H](O[C@@H]8OC[C@H](O)[C@H](O[C@@H]9O[C@H](CO)[C@@H](O)[C@H](O)[C@H]9O)[C@H]8O)C(C)(C)C7CC[C@@]6(C)C4(C)CC5)[C@H](O)[C@@H](O)[C@@H]3O)O[C@@H]2CO)[C@H](O)[C@H](O)[C@H]1O. The molecule has 4 saturated carbocycles. The smallest absolute Gasteiger partial charge is 0.315 e. The summed E-state index contributed by atoms with van der Waals surface area (Å²) in [7, 11) is 0. The second-order valence-electron chi connectivity index (χ2n) is 28.7. The van der Waals surface area contributed by atoms with E-state index >= 15 is 4.79 Å². The van der Waals surface area contributed by atoms with Crippen LogP contribution in [0.4, 0.5) is 0 Å². The lowest BCUT2D eigenvalue weighted by molar-refractivity contribution is -0.361. The van der Waals surface area contributed by atoms with Gasteiger partial charge in [0.25, 0.3) is 0 Å². The number of carbonyl (C=O) groups excluding carboxylic acids is 1. The molecule has 15 N–H and O–H groups in total. The molecule has 0 amide bonds. The van der Waals surface area contributed by atoms with Crippen LogP contribution in [0.1, 0.15) is 120 Å². The predicted octanol–water partition coefficient (Wildman–Crippen LogP) is -2.54. The Labute approximate surface area is 494 Å². The summed E-state index contributed by atoms with van der Waals surface area (Å²) < 4.78 is 59.0. The van der Waals surface area contributed by atoms with E-state index in [2.05, 4.69) is 54.5 Å². The third-order valence-corrected chi connectivity index (χ3v) is 23.1. The molecule has 0 aromatic carbocycles. The van der Waals surface area contributed by atoms with Gasteiger partial charge in [0.05, 0.1) is 44.1 Å². The molecule has 488 valence electrons. The number of aliphatic hydroxyl groups is 15. The van der Waals surface area contributed by atoms with Crippen LogP contribution < -0.4 is 0 Å². The van der Waals surface area contributed by atoms with Gasteiger partial charge in [-0.25, -0.2) is 0 Å². The third kappa shape index (κ3) is 11.2. The summed E-state index contributed by atoms with van der Waals surface area (Å²) >= 11 is 0. The first-order valence-electron chi connectivity index (χ1n) is 30.6. The first kappa shape index (κ1) is 66.2. The zero-order valence-electron chi connectivity index (χ0n) is 49.8. The van der Waals surface area contributed by atoms with Crippen molar-refractivity contribution in [3.63, 3.8) is 0 Å². The highest BCUT2D eigenvalue weighted by Gasteiger charge is 2.70. The van der Waals surface area contributed by atoms with Gasteiger partial charge in [0, 0.05) is 0 Å². The van der Waals surface area contributed by atoms with Crippen LogP contribution in [0.25, 0.3) is 0 Å². The number of rotatable bonds is 13. The molecule has 9 fully saturated rings. The maximum atomic E-state index is 15.2. The van der Waals surface area contributed by atoms with E-state index < -0.39 is 190 Å². The molecule has 5 heterocycles. The lowest BCUT2D eigenvalue weighted by Gasteiger charge is -2.71. The summed E-state index contributed by atoms with van der Waals surface area (Å²) in [6.45, 7) is 15.0. The largest absolute Gasteiger partial charge is 0.432 e. The monoisotopic (exact) mass is 1220 g/mol. The van der Waals surface area contributed by atoms with Crippen LogP contribution in [0.5, 0.6) is 0 Å². The average molecular weight is 1220 g/mol. The highest BCUT2D eigenvalue weighted by Crippen LogP contribution is 2.76. The van der Waals surface area contributed by atoms with Crippen LogP contribution in [0.3, 0.4) is 0 Å². The van der Waals surface area contributed by atoms with Crippen LogP contribution in [0.15, 0.2) is 11.6 Å². The lowest BCUT2D eigenvalue weighted by atomic mass is 9.33. The van der Waals surface area contributed by atoms with E-state index in [0.717, 1.165) is 25.7 Å². The quantitative estimate of drug-likeness (QED) is 0.0513. The molecule has 0 bridgehead atoms. The predicted molar refractivity (Wildman–Crippen MR) is 288 cm³/mol. The Morgan fingerprint density at radius 3 is 1.80 bits per heavy atom. The molecule has 4 unspecified atom stereocenters. The van der Waals surface area contributed by atoms with Crippen LogP contribution in [-0.4, -0.2) is 263 Å². The molecule has 26 nitrogen and oxygen atoms in total. The van der Waals surface area contributed by atoms with Gasteiger partial charge in [0.2, 0.25) is 6.29 Å². The van der Waals surface area contributed by atoms with Crippen molar-refractivity contribution in [2.75, 3.05) is 26.4 Å². The van der Waals surface area contributed by atoms with Crippen LogP contribution >= 0.6 is 0 Å². The highest BCUT2D eigenvalue weighted by atomic mass is 16.8. The van der Waals surface area contributed by atoms with Crippen molar-refractivity contribution >= 4 is 5.97 Å². The fourth-order valence-electron chi connectivity index (χ4n) is 17.6. The molecule has 85 heavy (non-hydrogen) atoms. The zero-order valence-corrected chi connectivity index (χ0v) is 49.8. The maximum Gasteiger partial charge on any atom is 0.315 e. The molecule has 0 aromatic rings. The average Bonchev–Trinajstić information content (AvgIpc) is 0.725. The second-order valence-corrected chi connectivity index (χ2v) is 28.7.